The largest absolute Gasteiger partial charge is 0.493 e. The molecule has 0 heterocycles. The average molecular weight is 338 g/mol. The van der Waals surface area contributed by atoms with E-state index in [0.29, 0.717) is 25.2 Å². The van der Waals surface area contributed by atoms with E-state index in [2.05, 4.69) is 31.2 Å². The molecule has 1 aliphatic rings. The molecule has 25 heavy (non-hydrogen) atoms. The molecule has 4 heteroatoms. The molecule has 1 aliphatic carbocycles. The fourth-order valence-corrected chi connectivity index (χ4v) is 3.24. The van der Waals surface area contributed by atoms with E-state index in [4.69, 9.17) is 9.84 Å². The molecule has 2 aromatic carbocycles. The Balaban J connectivity index is 1.99. The zero-order valence-corrected chi connectivity index (χ0v) is 14.6. The van der Waals surface area contributed by atoms with Crippen molar-refractivity contribution >= 4 is 11.8 Å². The second-order valence-corrected chi connectivity index (χ2v) is 6.59. The maximum Gasteiger partial charge on any atom is 0.303 e. The summed E-state index contributed by atoms with van der Waals surface area (Å²) in [6.07, 6.45) is 1.82. The van der Waals surface area contributed by atoms with Crippen molar-refractivity contribution in [2.45, 2.75) is 39.5 Å². The van der Waals surface area contributed by atoms with Gasteiger partial charge >= 0.3 is 5.97 Å². The van der Waals surface area contributed by atoms with E-state index >= 15 is 0 Å². The lowest BCUT2D eigenvalue weighted by Gasteiger charge is -2.16. The van der Waals surface area contributed by atoms with Crippen LogP contribution < -0.4 is 4.74 Å². The third-order valence-electron chi connectivity index (χ3n) is 4.60. The molecule has 0 unspecified atom stereocenters. The number of hydrogen-bond acceptors (Lipinski definition) is 3. The van der Waals surface area contributed by atoms with Crippen LogP contribution in [0.1, 0.15) is 46.3 Å². The number of ketones is 1. The van der Waals surface area contributed by atoms with Crippen molar-refractivity contribution in [3.63, 3.8) is 0 Å². The Morgan fingerprint density at radius 3 is 2.64 bits per heavy atom. The molecule has 4 nitrogen and oxygen atoms in total. The molecule has 1 N–H and O–H groups in total. The molecule has 2 aromatic rings. The van der Waals surface area contributed by atoms with E-state index in [0.717, 1.165) is 39.8 Å². The predicted molar refractivity (Wildman–Crippen MR) is 96.4 cm³/mol. The van der Waals surface area contributed by atoms with E-state index in [9.17, 15) is 9.59 Å². The van der Waals surface area contributed by atoms with E-state index in [-0.39, 0.29) is 12.2 Å². The van der Waals surface area contributed by atoms with Crippen molar-refractivity contribution in [3.05, 3.63) is 52.6 Å². The van der Waals surface area contributed by atoms with Gasteiger partial charge in [0.05, 0.1) is 6.61 Å². The van der Waals surface area contributed by atoms with Gasteiger partial charge in [-0.25, -0.2) is 0 Å². The number of fused-ring (bicyclic) bond motifs is 1. The summed E-state index contributed by atoms with van der Waals surface area (Å²) in [6, 6.07) is 10.2. The summed E-state index contributed by atoms with van der Waals surface area (Å²) >= 11 is 0. The monoisotopic (exact) mass is 338 g/mol. The zero-order chi connectivity index (χ0) is 18.0. The van der Waals surface area contributed by atoms with Crippen molar-refractivity contribution in [3.8, 4) is 16.9 Å². The second-order valence-electron chi connectivity index (χ2n) is 6.59. The number of hydrogen-bond donors (Lipinski definition) is 1. The third kappa shape index (κ3) is 3.73. The molecule has 3 rings (SSSR count). The Labute approximate surface area is 147 Å². The molecule has 0 atom stereocenters. The first kappa shape index (κ1) is 17.2. The maximum atomic E-state index is 12.1. The predicted octanol–water partition coefficient (Wildman–Crippen LogP) is 4.34. The van der Waals surface area contributed by atoms with E-state index in [1.54, 1.807) is 0 Å². The lowest BCUT2D eigenvalue weighted by atomic mass is 9.94. The number of benzene rings is 2. The Morgan fingerprint density at radius 1 is 1.08 bits per heavy atom. The molecule has 0 aliphatic heterocycles. The fraction of sp³-hybridized carbons (Fsp3) is 0.333. The van der Waals surface area contributed by atoms with Gasteiger partial charge in [-0.05, 0) is 55.5 Å². The van der Waals surface area contributed by atoms with Crippen LogP contribution in [0.4, 0.5) is 0 Å². The first-order valence-electron chi connectivity index (χ1n) is 8.58. The first-order valence-corrected chi connectivity index (χ1v) is 8.58. The van der Waals surface area contributed by atoms with Crippen molar-refractivity contribution in [2.24, 2.45) is 0 Å². The molecular weight excluding hydrogens is 316 g/mol. The molecule has 0 spiro atoms. The Morgan fingerprint density at radius 2 is 1.88 bits per heavy atom. The van der Waals surface area contributed by atoms with Crippen LogP contribution in [0.15, 0.2) is 30.3 Å². The molecule has 0 saturated heterocycles. The highest BCUT2D eigenvalue weighted by atomic mass is 16.5. The highest BCUT2D eigenvalue weighted by Crippen LogP contribution is 2.38. The van der Waals surface area contributed by atoms with E-state index in [1.165, 1.54) is 0 Å². The quantitative estimate of drug-likeness (QED) is 0.796. The van der Waals surface area contributed by atoms with Crippen molar-refractivity contribution < 1.29 is 19.4 Å². The summed E-state index contributed by atoms with van der Waals surface area (Å²) in [5.41, 5.74) is 6.18. The summed E-state index contributed by atoms with van der Waals surface area (Å²) in [6.45, 7) is 4.42. The minimum absolute atomic E-state index is 0.0721. The van der Waals surface area contributed by atoms with Gasteiger partial charge in [0.1, 0.15) is 5.75 Å². The zero-order valence-electron chi connectivity index (χ0n) is 14.6. The van der Waals surface area contributed by atoms with Gasteiger partial charge in [-0.1, -0.05) is 23.8 Å². The number of aliphatic carboxylic acids is 1. The van der Waals surface area contributed by atoms with Crippen LogP contribution in [0.2, 0.25) is 0 Å². The fourth-order valence-electron chi connectivity index (χ4n) is 3.24. The number of carbonyl (C=O) groups is 2. The van der Waals surface area contributed by atoms with Gasteiger partial charge in [-0.2, -0.15) is 0 Å². The molecule has 0 fully saturated rings. The number of Topliss-reactive ketones (excluding diaryl/α,β-unsaturated/α-hetero) is 1. The van der Waals surface area contributed by atoms with Crippen LogP contribution in [0.5, 0.6) is 5.75 Å². The maximum absolute atomic E-state index is 12.1. The van der Waals surface area contributed by atoms with E-state index in [1.807, 2.05) is 13.0 Å². The SMILES string of the molecule is Cc1ccc(C)c(-c2cc3c(cc2OCCCC(=O)O)C(=O)CC3)c1. The van der Waals surface area contributed by atoms with Crippen molar-refractivity contribution in [1.29, 1.82) is 0 Å². The van der Waals surface area contributed by atoms with Crippen LogP contribution in [-0.4, -0.2) is 23.5 Å². The highest BCUT2D eigenvalue weighted by Gasteiger charge is 2.23. The standard InChI is InChI=1S/C21H22O4/c1-13-5-6-14(2)16(10-13)18-11-15-7-8-19(22)17(15)12-20(18)25-9-3-4-21(23)24/h5-6,10-12H,3-4,7-9H2,1-2H3,(H,23,24). The molecule has 130 valence electrons. The van der Waals surface area contributed by atoms with Gasteiger partial charge in [0, 0.05) is 24.0 Å². The van der Waals surface area contributed by atoms with Crippen LogP contribution in [0, 0.1) is 13.8 Å². The molecule has 0 saturated carbocycles. The summed E-state index contributed by atoms with van der Waals surface area (Å²) < 4.78 is 5.89. The molecule has 0 aromatic heterocycles. The number of aryl methyl sites for hydroxylation is 3. The number of carboxylic acid groups (broad SMARTS) is 1. The van der Waals surface area contributed by atoms with Crippen LogP contribution in [-0.2, 0) is 11.2 Å². The van der Waals surface area contributed by atoms with Gasteiger partial charge < -0.3 is 9.84 Å². The number of ether oxygens (including phenoxy) is 1. The lowest BCUT2D eigenvalue weighted by Crippen LogP contribution is -2.04. The van der Waals surface area contributed by atoms with Gasteiger partial charge in [-0.15, -0.1) is 0 Å². The summed E-state index contributed by atoms with van der Waals surface area (Å²) in [5, 5.41) is 8.77. The van der Waals surface area contributed by atoms with Crippen molar-refractivity contribution in [1.82, 2.24) is 0 Å². The highest BCUT2D eigenvalue weighted by molar-refractivity contribution is 6.01. The summed E-state index contributed by atoms with van der Waals surface area (Å²) in [4.78, 5) is 22.7. The van der Waals surface area contributed by atoms with Gasteiger partial charge in [0.15, 0.2) is 5.78 Å². The number of carbonyl (C=O) groups excluding carboxylic acids is 1. The average Bonchev–Trinajstić information content (AvgIpc) is 2.93. The summed E-state index contributed by atoms with van der Waals surface area (Å²) in [7, 11) is 0. The Bertz CT molecular complexity index is 836. The van der Waals surface area contributed by atoms with Gasteiger partial charge in [0.2, 0.25) is 0 Å². The minimum atomic E-state index is -0.831. The second kappa shape index (κ2) is 7.09. The van der Waals surface area contributed by atoms with Crippen molar-refractivity contribution in [2.75, 3.05) is 6.61 Å². The summed E-state index contributed by atoms with van der Waals surface area (Å²) in [5.74, 6) is -0.0199. The molecular formula is C21H22O4. The third-order valence-corrected chi connectivity index (χ3v) is 4.60. The molecule has 0 bridgehead atoms. The Kier molecular flexibility index (Phi) is 4.88. The number of carboxylic acids is 1. The topological polar surface area (TPSA) is 63.6 Å². The van der Waals surface area contributed by atoms with Gasteiger partial charge in [-0.3, -0.25) is 9.59 Å². The lowest BCUT2D eigenvalue weighted by molar-refractivity contribution is -0.137. The minimum Gasteiger partial charge on any atom is -0.493 e. The smallest absolute Gasteiger partial charge is 0.303 e. The molecule has 0 radical (unpaired) electrons. The number of rotatable bonds is 6. The molecule has 0 amide bonds. The van der Waals surface area contributed by atoms with Gasteiger partial charge in [0.25, 0.3) is 0 Å². The van der Waals surface area contributed by atoms with Crippen LogP contribution >= 0.6 is 0 Å². The van der Waals surface area contributed by atoms with E-state index < -0.39 is 5.97 Å². The first-order chi connectivity index (χ1) is 12.0. The Hall–Kier alpha value is -2.62. The van der Waals surface area contributed by atoms with Crippen LogP contribution in [0.3, 0.4) is 0 Å². The normalized spacial score (nSPS) is 13.0. The van der Waals surface area contributed by atoms with Crippen LogP contribution in [0.25, 0.3) is 11.1 Å².